The van der Waals surface area contributed by atoms with Crippen LogP contribution in [-0.2, 0) is 6.54 Å². The van der Waals surface area contributed by atoms with Crippen LogP contribution < -0.4 is 5.32 Å². The molecule has 102 valence electrons. The molecule has 0 saturated carbocycles. The molecule has 1 N–H and O–H groups in total. The van der Waals surface area contributed by atoms with Crippen LogP contribution in [0.15, 0.2) is 41.5 Å². The van der Waals surface area contributed by atoms with E-state index in [1.54, 1.807) is 0 Å². The molecule has 0 heterocycles. The zero-order valence-electron chi connectivity index (χ0n) is 12.8. The quantitative estimate of drug-likeness (QED) is 0.825. The normalized spacial score (nSPS) is 15.9. The fraction of sp³-hybridized carbons (Fsp3) is 0.444. The molecule has 0 atom stereocenters. The van der Waals surface area contributed by atoms with Crippen molar-refractivity contribution in [2.45, 2.75) is 53.1 Å². The fourth-order valence-corrected chi connectivity index (χ4v) is 2.44. The Morgan fingerprint density at radius 2 is 1.79 bits per heavy atom. The standard InChI is InChI=1S/C18H25N/c1-13-10-11-16(14(13)2)17-9-7-6-8-15(17)12-19-18(3,4)5/h6-10,19H,11-12H2,1-5H3. The molecule has 2 rings (SSSR count). The van der Waals surface area contributed by atoms with Gasteiger partial charge in [0, 0.05) is 12.1 Å². The molecule has 0 unspecified atom stereocenters. The number of hydrogen-bond acceptors (Lipinski definition) is 1. The first-order valence-corrected chi connectivity index (χ1v) is 7.08. The van der Waals surface area contributed by atoms with E-state index in [4.69, 9.17) is 0 Å². The van der Waals surface area contributed by atoms with E-state index in [1.165, 1.54) is 27.8 Å². The Morgan fingerprint density at radius 1 is 1.11 bits per heavy atom. The lowest BCUT2D eigenvalue weighted by Crippen LogP contribution is -2.35. The number of hydrogen-bond donors (Lipinski definition) is 1. The van der Waals surface area contributed by atoms with Gasteiger partial charge in [-0.25, -0.2) is 0 Å². The minimum atomic E-state index is 0.153. The first-order chi connectivity index (χ1) is 8.88. The van der Waals surface area contributed by atoms with Crippen LogP contribution in [0.3, 0.4) is 0 Å². The molecule has 1 heteroatoms. The van der Waals surface area contributed by atoms with Crippen molar-refractivity contribution in [2.75, 3.05) is 0 Å². The Kier molecular flexibility index (Phi) is 3.96. The zero-order chi connectivity index (χ0) is 14.0. The summed E-state index contributed by atoms with van der Waals surface area (Å²) in [6.45, 7) is 12.0. The first kappa shape index (κ1) is 14.1. The summed E-state index contributed by atoms with van der Waals surface area (Å²) >= 11 is 0. The van der Waals surface area contributed by atoms with E-state index in [2.05, 4.69) is 70.3 Å². The molecule has 1 aliphatic carbocycles. The molecule has 1 nitrogen and oxygen atoms in total. The molecular formula is C18H25N. The molecule has 0 aliphatic heterocycles. The Hall–Kier alpha value is -1.34. The van der Waals surface area contributed by atoms with E-state index in [9.17, 15) is 0 Å². The van der Waals surface area contributed by atoms with Crippen molar-refractivity contribution in [1.29, 1.82) is 0 Å². The third kappa shape index (κ3) is 3.36. The van der Waals surface area contributed by atoms with Gasteiger partial charge in [0.15, 0.2) is 0 Å². The van der Waals surface area contributed by atoms with Crippen LogP contribution in [0.1, 0.15) is 52.2 Å². The predicted molar refractivity (Wildman–Crippen MR) is 84.0 cm³/mol. The smallest absolute Gasteiger partial charge is 0.0216 e. The molecular weight excluding hydrogens is 230 g/mol. The van der Waals surface area contributed by atoms with Gasteiger partial charge < -0.3 is 5.32 Å². The summed E-state index contributed by atoms with van der Waals surface area (Å²) in [5, 5.41) is 3.59. The van der Waals surface area contributed by atoms with Gasteiger partial charge in [-0.3, -0.25) is 0 Å². The first-order valence-electron chi connectivity index (χ1n) is 7.08. The van der Waals surface area contributed by atoms with Crippen LogP contribution in [0.25, 0.3) is 5.57 Å². The van der Waals surface area contributed by atoms with Crippen molar-refractivity contribution in [3.8, 4) is 0 Å². The van der Waals surface area contributed by atoms with Crippen molar-refractivity contribution in [3.63, 3.8) is 0 Å². The minimum absolute atomic E-state index is 0.153. The Bertz CT molecular complexity index is 527. The highest BCUT2D eigenvalue weighted by Crippen LogP contribution is 2.34. The van der Waals surface area contributed by atoms with E-state index in [1.807, 2.05) is 0 Å². The van der Waals surface area contributed by atoms with Crippen LogP contribution in [0.4, 0.5) is 0 Å². The van der Waals surface area contributed by atoms with Crippen LogP contribution in [0, 0.1) is 0 Å². The third-order valence-corrected chi connectivity index (χ3v) is 3.81. The van der Waals surface area contributed by atoms with Crippen molar-refractivity contribution in [3.05, 3.63) is 52.6 Å². The average Bonchev–Trinajstić information content (AvgIpc) is 2.67. The Morgan fingerprint density at radius 3 is 2.37 bits per heavy atom. The highest BCUT2D eigenvalue weighted by molar-refractivity contribution is 5.77. The molecule has 0 spiro atoms. The van der Waals surface area contributed by atoms with Gasteiger partial charge in [0.25, 0.3) is 0 Å². The summed E-state index contributed by atoms with van der Waals surface area (Å²) in [5.74, 6) is 0. The highest BCUT2D eigenvalue weighted by atomic mass is 14.9. The Balaban J connectivity index is 2.28. The van der Waals surface area contributed by atoms with E-state index in [0.717, 1.165) is 13.0 Å². The van der Waals surface area contributed by atoms with Crippen molar-refractivity contribution in [1.82, 2.24) is 5.32 Å². The zero-order valence-corrected chi connectivity index (χ0v) is 12.8. The van der Waals surface area contributed by atoms with Crippen LogP contribution in [0.5, 0.6) is 0 Å². The maximum absolute atomic E-state index is 3.59. The minimum Gasteiger partial charge on any atom is -0.308 e. The summed E-state index contributed by atoms with van der Waals surface area (Å²) in [5.41, 5.74) is 7.32. The molecule has 0 saturated heterocycles. The third-order valence-electron chi connectivity index (χ3n) is 3.81. The van der Waals surface area contributed by atoms with E-state index < -0.39 is 0 Å². The number of benzene rings is 1. The second-order valence-electron chi connectivity index (χ2n) is 6.46. The molecule has 19 heavy (non-hydrogen) atoms. The van der Waals surface area contributed by atoms with Gasteiger partial charge in [-0.15, -0.1) is 0 Å². The second kappa shape index (κ2) is 5.34. The SMILES string of the molecule is CC1=CCC(c2ccccc2CNC(C)(C)C)=C1C. The molecule has 1 aliphatic rings. The van der Waals surface area contributed by atoms with Gasteiger partial charge in [-0.2, -0.15) is 0 Å². The molecule has 1 aromatic rings. The van der Waals surface area contributed by atoms with E-state index >= 15 is 0 Å². The second-order valence-corrected chi connectivity index (χ2v) is 6.46. The highest BCUT2D eigenvalue weighted by Gasteiger charge is 2.16. The van der Waals surface area contributed by atoms with Gasteiger partial charge in [0.1, 0.15) is 0 Å². The van der Waals surface area contributed by atoms with Crippen LogP contribution in [0.2, 0.25) is 0 Å². The number of rotatable bonds is 3. The van der Waals surface area contributed by atoms with E-state index in [-0.39, 0.29) is 5.54 Å². The molecule has 0 aromatic heterocycles. The maximum atomic E-state index is 3.59. The lowest BCUT2D eigenvalue weighted by atomic mass is 9.95. The molecule has 0 fully saturated rings. The lowest BCUT2D eigenvalue weighted by molar-refractivity contribution is 0.424. The van der Waals surface area contributed by atoms with Gasteiger partial charge in [0.2, 0.25) is 0 Å². The molecule has 0 amide bonds. The molecule has 0 bridgehead atoms. The van der Waals surface area contributed by atoms with Crippen LogP contribution in [-0.4, -0.2) is 5.54 Å². The summed E-state index contributed by atoms with van der Waals surface area (Å²) in [6, 6.07) is 8.77. The summed E-state index contributed by atoms with van der Waals surface area (Å²) < 4.78 is 0. The van der Waals surface area contributed by atoms with Crippen molar-refractivity contribution in [2.24, 2.45) is 0 Å². The largest absolute Gasteiger partial charge is 0.308 e. The van der Waals surface area contributed by atoms with Crippen molar-refractivity contribution >= 4 is 5.57 Å². The van der Waals surface area contributed by atoms with Gasteiger partial charge in [-0.1, -0.05) is 35.9 Å². The number of nitrogens with one attached hydrogen (secondary N) is 1. The summed E-state index contributed by atoms with van der Waals surface area (Å²) in [4.78, 5) is 0. The predicted octanol–water partition coefficient (Wildman–Crippen LogP) is 4.70. The van der Waals surface area contributed by atoms with Crippen LogP contribution >= 0.6 is 0 Å². The fourth-order valence-electron chi connectivity index (χ4n) is 2.44. The van der Waals surface area contributed by atoms with E-state index in [0.29, 0.717) is 0 Å². The maximum Gasteiger partial charge on any atom is 0.0216 e. The summed E-state index contributed by atoms with van der Waals surface area (Å²) in [7, 11) is 0. The number of allylic oxidation sites excluding steroid dienone is 4. The van der Waals surface area contributed by atoms with Crippen molar-refractivity contribution < 1.29 is 0 Å². The Labute approximate surface area is 117 Å². The van der Waals surface area contributed by atoms with Gasteiger partial charge in [0.05, 0.1) is 0 Å². The average molecular weight is 255 g/mol. The topological polar surface area (TPSA) is 12.0 Å². The summed E-state index contributed by atoms with van der Waals surface area (Å²) in [6.07, 6.45) is 3.41. The monoisotopic (exact) mass is 255 g/mol. The van der Waals surface area contributed by atoms with Gasteiger partial charge in [-0.05, 0) is 63.3 Å². The lowest BCUT2D eigenvalue weighted by Gasteiger charge is -2.22. The molecule has 0 radical (unpaired) electrons. The molecule has 1 aromatic carbocycles. The van der Waals surface area contributed by atoms with Gasteiger partial charge >= 0.3 is 0 Å².